The molecule has 0 saturated heterocycles. The van der Waals surface area contributed by atoms with Gasteiger partial charge in [-0.25, -0.2) is 0 Å². The molecule has 0 spiro atoms. The monoisotopic (exact) mass is 760 g/mol. The van der Waals surface area contributed by atoms with Crippen LogP contribution >= 0.6 is 0 Å². The normalized spacial score (nSPS) is 11.9. The second-order valence-corrected chi connectivity index (χ2v) is 15.7. The molecule has 0 saturated carbocycles. The Morgan fingerprint density at radius 3 is 1.28 bits per heavy atom. The molecule has 0 heteroatoms. The Morgan fingerprint density at radius 1 is 0.233 bits per heavy atom. The molecule has 0 bridgehead atoms. The second kappa shape index (κ2) is 15.2. The molecule has 0 nitrogen and oxygen atoms in total. The highest BCUT2D eigenvalue weighted by molar-refractivity contribution is 6.25. The number of benzene rings is 11. The van der Waals surface area contributed by atoms with Crippen LogP contribution in [0.5, 0.6) is 0 Å². The van der Waals surface area contributed by atoms with Crippen LogP contribution in [0.1, 0.15) is 22.3 Å². The number of hydrogen-bond donors (Lipinski definition) is 0. The van der Waals surface area contributed by atoms with Crippen molar-refractivity contribution >= 4 is 78.2 Å². The van der Waals surface area contributed by atoms with Gasteiger partial charge in [0.25, 0.3) is 0 Å². The Hall–Kier alpha value is -7.80. The van der Waals surface area contributed by atoms with Gasteiger partial charge in [0.2, 0.25) is 0 Å². The molecule has 0 atom stereocenters. The molecule has 0 fully saturated rings. The maximum absolute atomic E-state index is 2.39. The summed E-state index contributed by atoms with van der Waals surface area (Å²) < 4.78 is 0. The highest BCUT2D eigenvalue weighted by Gasteiger charge is 2.20. The summed E-state index contributed by atoms with van der Waals surface area (Å²) in [6.45, 7) is 0. The molecular weight excluding hydrogens is 721 g/mol. The lowest BCUT2D eigenvalue weighted by molar-refractivity contribution is 1.65. The molecule has 11 aromatic rings. The van der Waals surface area contributed by atoms with Crippen molar-refractivity contribution in [3.63, 3.8) is 0 Å². The smallest absolute Gasteiger partial charge is 0.00141 e. The summed E-state index contributed by atoms with van der Waals surface area (Å²) in [7, 11) is 0. The van der Waals surface area contributed by atoms with Crippen LogP contribution in [0.4, 0.5) is 0 Å². The third-order valence-corrected chi connectivity index (χ3v) is 12.0. The molecule has 0 heterocycles. The van der Waals surface area contributed by atoms with Gasteiger partial charge in [0.1, 0.15) is 0 Å². The SMILES string of the molecule is C(=Cc1ccc2cc(-c3c4ccccc4c(-c4ccc5cc(C=Cc6ccccc6)ccc5c4)c4c(-c5ccc6ccccc6c5)cccc34)ccc2c1)c1ccccc1. The van der Waals surface area contributed by atoms with Crippen LogP contribution in [0, 0.1) is 0 Å². The summed E-state index contributed by atoms with van der Waals surface area (Å²) >= 11 is 0. The fraction of sp³-hybridized carbons (Fsp3) is 0. The lowest BCUT2D eigenvalue weighted by Crippen LogP contribution is -1.94. The largest absolute Gasteiger partial charge is 0.0622 e. The van der Waals surface area contributed by atoms with Crippen LogP contribution < -0.4 is 0 Å². The van der Waals surface area contributed by atoms with E-state index in [2.05, 4.69) is 243 Å². The first-order valence-electron chi connectivity index (χ1n) is 20.7. The number of rotatable bonds is 7. The zero-order valence-corrected chi connectivity index (χ0v) is 33.1. The quantitative estimate of drug-likeness (QED) is 0.112. The predicted molar refractivity (Wildman–Crippen MR) is 261 cm³/mol. The van der Waals surface area contributed by atoms with E-state index in [1.165, 1.54) is 109 Å². The molecule has 0 amide bonds. The predicted octanol–water partition coefficient (Wildman–Crippen LogP) is 16.8. The molecule has 0 N–H and O–H groups in total. The zero-order chi connectivity index (χ0) is 39.8. The summed E-state index contributed by atoms with van der Waals surface area (Å²) in [6.07, 6.45) is 8.76. The van der Waals surface area contributed by atoms with Gasteiger partial charge in [0.15, 0.2) is 0 Å². The third kappa shape index (κ3) is 6.65. The Kier molecular flexibility index (Phi) is 8.95. The molecule has 60 heavy (non-hydrogen) atoms. The lowest BCUT2D eigenvalue weighted by Gasteiger charge is -2.21. The van der Waals surface area contributed by atoms with Crippen molar-refractivity contribution in [3.8, 4) is 33.4 Å². The molecule has 0 aliphatic heterocycles. The maximum atomic E-state index is 2.39. The fourth-order valence-electron chi connectivity index (χ4n) is 9.00. The first-order valence-corrected chi connectivity index (χ1v) is 20.7. The first-order chi connectivity index (χ1) is 29.7. The standard InChI is InChI=1S/C60H40/c1-3-12-41(13-4-1)22-24-43-26-28-49-39-52(34-31-47(49)36-43)58-55-18-9-10-19-56(55)59(60-54(20-11-21-57(58)60)51-33-30-45-16-7-8-17-46(45)38-51)53-35-32-48-37-44(27-29-50(48)40-53)25-23-42-14-5-2-6-15-42/h1-40H. The minimum absolute atomic E-state index is 1.19. The van der Waals surface area contributed by atoms with Gasteiger partial charge >= 0.3 is 0 Å². The molecule has 11 aromatic carbocycles. The second-order valence-electron chi connectivity index (χ2n) is 15.7. The first kappa shape index (κ1) is 35.4. The van der Waals surface area contributed by atoms with Crippen LogP contribution in [-0.4, -0.2) is 0 Å². The molecule has 0 aliphatic carbocycles. The van der Waals surface area contributed by atoms with Crippen LogP contribution in [-0.2, 0) is 0 Å². The van der Waals surface area contributed by atoms with Crippen molar-refractivity contribution in [1.82, 2.24) is 0 Å². The van der Waals surface area contributed by atoms with E-state index in [4.69, 9.17) is 0 Å². The van der Waals surface area contributed by atoms with Gasteiger partial charge in [-0.15, -0.1) is 0 Å². The highest BCUT2D eigenvalue weighted by Crippen LogP contribution is 2.48. The number of hydrogen-bond acceptors (Lipinski definition) is 0. The van der Waals surface area contributed by atoms with Crippen molar-refractivity contribution in [2.45, 2.75) is 0 Å². The van der Waals surface area contributed by atoms with Gasteiger partial charge in [-0.3, -0.25) is 0 Å². The van der Waals surface area contributed by atoms with Gasteiger partial charge in [0, 0.05) is 0 Å². The molecular formula is C60H40. The average molecular weight is 761 g/mol. The van der Waals surface area contributed by atoms with Crippen molar-refractivity contribution in [2.24, 2.45) is 0 Å². The van der Waals surface area contributed by atoms with Gasteiger partial charge in [-0.05, 0) is 140 Å². The van der Waals surface area contributed by atoms with Crippen LogP contribution in [0.2, 0.25) is 0 Å². The third-order valence-electron chi connectivity index (χ3n) is 12.0. The average Bonchev–Trinajstić information content (AvgIpc) is 3.31. The minimum atomic E-state index is 1.19. The molecule has 0 aromatic heterocycles. The summed E-state index contributed by atoms with van der Waals surface area (Å²) in [5, 5.41) is 12.4. The zero-order valence-electron chi connectivity index (χ0n) is 33.1. The Balaban J connectivity index is 1.11. The van der Waals surface area contributed by atoms with E-state index >= 15 is 0 Å². The van der Waals surface area contributed by atoms with E-state index in [9.17, 15) is 0 Å². The van der Waals surface area contributed by atoms with Gasteiger partial charge < -0.3 is 0 Å². The Labute approximate surface area is 350 Å². The van der Waals surface area contributed by atoms with Crippen molar-refractivity contribution in [2.75, 3.05) is 0 Å². The Morgan fingerprint density at radius 2 is 0.650 bits per heavy atom. The van der Waals surface area contributed by atoms with E-state index in [1.54, 1.807) is 0 Å². The molecule has 0 radical (unpaired) electrons. The van der Waals surface area contributed by atoms with Crippen LogP contribution in [0.3, 0.4) is 0 Å². The highest BCUT2D eigenvalue weighted by atomic mass is 14.2. The van der Waals surface area contributed by atoms with E-state index in [1.807, 2.05) is 0 Å². The van der Waals surface area contributed by atoms with Crippen molar-refractivity contribution in [3.05, 3.63) is 241 Å². The van der Waals surface area contributed by atoms with Crippen LogP contribution in [0.15, 0.2) is 218 Å². The van der Waals surface area contributed by atoms with Crippen molar-refractivity contribution in [1.29, 1.82) is 0 Å². The minimum Gasteiger partial charge on any atom is -0.0622 e. The van der Waals surface area contributed by atoms with Gasteiger partial charge in [-0.1, -0.05) is 212 Å². The van der Waals surface area contributed by atoms with Crippen LogP contribution in [0.25, 0.3) is 112 Å². The molecule has 0 aliphatic rings. The lowest BCUT2D eigenvalue weighted by atomic mass is 9.82. The molecule has 280 valence electrons. The molecule has 11 rings (SSSR count). The van der Waals surface area contributed by atoms with E-state index in [-0.39, 0.29) is 0 Å². The van der Waals surface area contributed by atoms with E-state index < -0.39 is 0 Å². The van der Waals surface area contributed by atoms with Crippen molar-refractivity contribution < 1.29 is 0 Å². The summed E-state index contributed by atoms with van der Waals surface area (Å²) in [6, 6.07) is 80.0. The van der Waals surface area contributed by atoms with Gasteiger partial charge in [0.05, 0.1) is 0 Å². The molecule has 0 unspecified atom stereocenters. The topological polar surface area (TPSA) is 0 Å². The number of fused-ring (bicyclic) bond motifs is 5. The summed E-state index contributed by atoms with van der Waals surface area (Å²) in [4.78, 5) is 0. The van der Waals surface area contributed by atoms with E-state index in [0.717, 1.165) is 0 Å². The fourth-order valence-corrected chi connectivity index (χ4v) is 9.00. The Bertz CT molecular complexity index is 3460. The summed E-state index contributed by atoms with van der Waals surface area (Å²) in [5.41, 5.74) is 12.2. The van der Waals surface area contributed by atoms with Gasteiger partial charge in [-0.2, -0.15) is 0 Å². The van der Waals surface area contributed by atoms with E-state index in [0.29, 0.717) is 0 Å². The summed E-state index contributed by atoms with van der Waals surface area (Å²) in [5.74, 6) is 0. The maximum Gasteiger partial charge on any atom is -0.00141 e.